The Labute approximate surface area is 182 Å². The predicted molar refractivity (Wildman–Crippen MR) is 110 cm³/mol. The number of carboxylic acids is 1. The number of alkyl halides is 3. The van der Waals surface area contributed by atoms with Crippen molar-refractivity contribution in [3.8, 4) is 0 Å². The van der Waals surface area contributed by atoms with Crippen molar-refractivity contribution in [1.82, 2.24) is 10.6 Å². The molecule has 0 saturated heterocycles. The first-order valence-corrected chi connectivity index (χ1v) is 10.3. The molecule has 9 heteroatoms. The summed E-state index contributed by atoms with van der Waals surface area (Å²) in [5, 5.41) is 13.4. The van der Waals surface area contributed by atoms with Crippen molar-refractivity contribution in [2.24, 2.45) is 0 Å². The molecule has 0 fully saturated rings. The molecule has 1 aliphatic heterocycles. The highest BCUT2D eigenvalue weighted by molar-refractivity contribution is 5.96. The third-order valence-electron chi connectivity index (χ3n) is 5.66. The molecule has 1 amide bonds. The Balaban J connectivity index is 0.000000360. The van der Waals surface area contributed by atoms with E-state index in [-0.39, 0.29) is 11.7 Å². The van der Waals surface area contributed by atoms with Crippen molar-refractivity contribution in [3.05, 3.63) is 70.0 Å². The van der Waals surface area contributed by atoms with Crippen LogP contribution in [-0.4, -0.2) is 36.2 Å². The van der Waals surface area contributed by atoms with Gasteiger partial charge in [0.05, 0.1) is 0 Å². The van der Waals surface area contributed by atoms with Crippen LogP contribution in [0.25, 0.3) is 0 Å². The van der Waals surface area contributed by atoms with E-state index in [1.807, 2.05) is 0 Å². The number of hydrogen-bond donors (Lipinski definition) is 3. The second-order valence-corrected chi connectivity index (χ2v) is 7.82. The summed E-state index contributed by atoms with van der Waals surface area (Å²) in [4.78, 5) is 21.6. The van der Waals surface area contributed by atoms with Crippen LogP contribution in [0.1, 0.15) is 51.4 Å². The standard InChI is InChI=1S/C21H23FN2O.C2HF3O2/c22-17-10-16-12-23-9-8-19(16)20(11-17)21(25)24-13-15-6-3-5-14-4-1-2-7-18(14)15;3-2(4,5)1(6)7/h1-2,4,7,10-11,15,23H,3,5-6,8-9,12-13H2,(H,24,25);(H,6,7). The molecule has 172 valence electrons. The van der Waals surface area contributed by atoms with E-state index in [1.165, 1.54) is 23.3 Å². The molecule has 0 spiro atoms. The van der Waals surface area contributed by atoms with E-state index < -0.39 is 12.1 Å². The molecule has 1 atom stereocenters. The van der Waals surface area contributed by atoms with Gasteiger partial charge < -0.3 is 15.7 Å². The fraction of sp³-hybridized carbons (Fsp3) is 0.391. The maximum absolute atomic E-state index is 13.9. The first kappa shape index (κ1) is 23.7. The highest BCUT2D eigenvalue weighted by Gasteiger charge is 2.38. The minimum Gasteiger partial charge on any atom is -0.475 e. The number of benzene rings is 2. The molecule has 1 aliphatic carbocycles. The second kappa shape index (κ2) is 10.1. The fourth-order valence-electron chi connectivity index (χ4n) is 4.16. The van der Waals surface area contributed by atoms with E-state index in [2.05, 4.69) is 34.9 Å². The van der Waals surface area contributed by atoms with Gasteiger partial charge in [-0.3, -0.25) is 4.79 Å². The SMILES string of the molecule is O=C(NCC1CCCc2ccccc21)c1cc(F)cc2c1CCNC2.O=C(O)C(F)(F)F. The zero-order chi connectivity index (χ0) is 23.3. The topological polar surface area (TPSA) is 78.4 Å². The van der Waals surface area contributed by atoms with Crippen LogP contribution in [0.4, 0.5) is 17.6 Å². The number of carboxylic acid groups (broad SMARTS) is 1. The highest BCUT2D eigenvalue weighted by Crippen LogP contribution is 2.31. The average Bonchev–Trinajstić information content (AvgIpc) is 2.76. The first-order chi connectivity index (χ1) is 15.2. The zero-order valence-electron chi connectivity index (χ0n) is 17.3. The molecular weight excluding hydrogens is 428 g/mol. The summed E-state index contributed by atoms with van der Waals surface area (Å²) in [6.45, 7) is 2.07. The monoisotopic (exact) mass is 452 g/mol. The van der Waals surface area contributed by atoms with Crippen LogP contribution in [0, 0.1) is 5.82 Å². The van der Waals surface area contributed by atoms with E-state index in [4.69, 9.17) is 9.90 Å². The third-order valence-corrected chi connectivity index (χ3v) is 5.66. The van der Waals surface area contributed by atoms with Crippen molar-refractivity contribution < 1.29 is 32.3 Å². The summed E-state index contributed by atoms with van der Waals surface area (Å²) in [6.07, 6.45) is -0.962. The number of nitrogens with one attached hydrogen (secondary N) is 2. The molecule has 0 aromatic heterocycles. The van der Waals surface area contributed by atoms with Crippen molar-refractivity contribution in [1.29, 1.82) is 0 Å². The van der Waals surface area contributed by atoms with Gasteiger partial charge in [0.1, 0.15) is 5.82 Å². The van der Waals surface area contributed by atoms with Gasteiger partial charge in [-0.05, 0) is 66.6 Å². The second-order valence-electron chi connectivity index (χ2n) is 7.82. The van der Waals surface area contributed by atoms with Crippen LogP contribution >= 0.6 is 0 Å². The highest BCUT2D eigenvalue weighted by atomic mass is 19.4. The van der Waals surface area contributed by atoms with E-state index >= 15 is 0 Å². The summed E-state index contributed by atoms with van der Waals surface area (Å²) in [6, 6.07) is 11.4. The molecule has 2 aromatic rings. The number of carbonyl (C=O) groups excluding carboxylic acids is 1. The fourth-order valence-corrected chi connectivity index (χ4v) is 4.16. The number of rotatable bonds is 3. The van der Waals surface area contributed by atoms with Gasteiger partial charge >= 0.3 is 12.1 Å². The van der Waals surface area contributed by atoms with Crippen LogP contribution in [0.5, 0.6) is 0 Å². The molecule has 1 heterocycles. The Morgan fingerprint density at radius 1 is 1.12 bits per heavy atom. The lowest BCUT2D eigenvalue weighted by atomic mass is 9.83. The molecule has 2 aromatic carbocycles. The molecule has 4 rings (SSSR count). The van der Waals surface area contributed by atoms with Crippen molar-refractivity contribution in [2.45, 2.75) is 44.3 Å². The number of aryl methyl sites for hydroxylation is 1. The van der Waals surface area contributed by atoms with Gasteiger partial charge in [-0.25, -0.2) is 9.18 Å². The van der Waals surface area contributed by atoms with Gasteiger partial charge in [0.2, 0.25) is 0 Å². The lowest BCUT2D eigenvalue weighted by Gasteiger charge is -2.26. The molecule has 1 unspecified atom stereocenters. The number of amides is 1. The third kappa shape index (κ3) is 5.85. The summed E-state index contributed by atoms with van der Waals surface area (Å²) >= 11 is 0. The van der Waals surface area contributed by atoms with E-state index in [0.29, 0.717) is 24.6 Å². The van der Waals surface area contributed by atoms with E-state index in [1.54, 1.807) is 0 Å². The van der Waals surface area contributed by atoms with Crippen molar-refractivity contribution in [2.75, 3.05) is 13.1 Å². The Morgan fingerprint density at radius 2 is 1.84 bits per heavy atom. The van der Waals surface area contributed by atoms with E-state index in [9.17, 15) is 22.4 Å². The summed E-state index contributed by atoms with van der Waals surface area (Å²) in [7, 11) is 0. The minimum absolute atomic E-state index is 0.152. The lowest BCUT2D eigenvalue weighted by molar-refractivity contribution is -0.192. The van der Waals surface area contributed by atoms with Crippen LogP contribution in [-0.2, 0) is 24.2 Å². The Hall–Kier alpha value is -2.94. The largest absolute Gasteiger partial charge is 0.490 e. The molecule has 0 bridgehead atoms. The molecule has 2 aliphatic rings. The van der Waals surface area contributed by atoms with Gasteiger partial charge in [0.25, 0.3) is 5.91 Å². The molecular formula is C23H24F4N2O3. The Bertz CT molecular complexity index is 992. The van der Waals surface area contributed by atoms with Crippen LogP contribution in [0.2, 0.25) is 0 Å². The summed E-state index contributed by atoms with van der Waals surface area (Å²) < 4.78 is 45.6. The summed E-state index contributed by atoms with van der Waals surface area (Å²) in [5.41, 5.74) is 5.13. The molecule has 5 nitrogen and oxygen atoms in total. The van der Waals surface area contributed by atoms with Gasteiger partial charge in [-0.1, -0.05) is 24.3 Å². The van der Waals surface area contributed by atoms with Crippen LogP contribution < -0.4 is 10.6 Å². The van der Waals surface area contributed by atoms with Crippen LogP contribution in [0.3, 0.4) is 0 Å². The van der Waals surface area contributed by atoms with Gasteiger partial charge in [0, 0.05) is 24.6 Å². The maximum Gasteiger partial charge on any atom is 0.490 e. The molecule has 3 N–H and O–H groups in total. The normalized spacial score (nSPS) is 17.3. The Kier molecular flexibility index (Phi) is 7.50. The predicted octanol–water partition coefficient (Wildman–Crippen LogP) is 3.95. The number of hydrogen-bond acceptors (Lipinski definition) is 3. The number of halogens is 4. The first-order valence-electron chi connectivity index (χ1n) is 10.3. The smallest absolute Gasteiger partial charge is 0.475 e. The van der Waals surface area contributed by atoms with Gasteiger partial charge in [0.15, 0.2) is 0 Å². The van der Waals surface area contributed by atoms with Crippen LogP contribution in [0.15, 0.2) is 36.4 Å². The summed E-state index contributed by atoms with van der Waals surface area (Å²) in [5.74, 6) is -2.90. The number of carbonyl (C=O) groups is 2. The minimum atomic E-state index is -5.08. The quantitative estimate of drug-likeness (QED) is 0.617. The van der Waals surface area contributed by atoms with Crippen molar-refractivity contribution >= 4 is 11.9 Å². The number of fused-ring (bicyclic) bond motifs is 2. The molecule has 0 saturated carbocycles. The average molecular weight is 452 g/mol. The van der Waals surface area contributed by atoms with Gasteiger partial charge in [-0.15, -0.1) is 0 Å². The van der Waals surface area contributed by atoms with E-state index in [0.717, 1.165) is 43.4 Å². The lowest BCUT2D eigenvalue weighted by Crippen LogP contribution is -2.32. The van der Waals surface area contributed by atoms with Crippen molar-refractivity contribution in [3.63, 3.8) is 0 Å². The molecule has 0 radical (unpaired) electrons. The Morgan fingerprint density at radius 3 is 2.56 bits per heavy atom. The zero-order valence-corrected chi connectivity index (χ0v) is 17.3. The number of aliphatic carboxylic acids is 1. The maximum atomic E-state index is 13.9. The molecule has 32 heavy (non-hydrogen) atoms. The van der Waals surface area contributed by atoms with Gasteiger partial charge in [-0.2, -0.15) is 13.2 Å².